The van der Waals surface area contributed by atoms with Crippen LogP contribution in [0.2, 0.25) is 0 Å². The van der Waals surface area contributed by atoms with Crippen LogP contribution < -0.4 is 5.69 Å². The molecular formula is C48H47F2N11O4. The predicted molar refractivity (Wildman–Crippen MR) is 235 cm³/mol. The monoisotopic (exact) mass is 879 g/mol. The van der Waals surface area contributed by atoms with Crippen LogP contribution in [0.5, 0.6) is 0 Å². The minimum absolute atomic E-state index is 0.0651. The third kappa shape index (κ3) is 5.76. The quantitative estimate of drug-likeness (QED) is 0.157. The third-order valence-corrected chi connectivity index (χ3v) is 14.7. The molecule has 65 heavy (non-hydrogen) atoms. The summed E-state index contributed by atoms with van der Waals surface area (Å²) in [5, 5.41) is 14.8. The van der Waals surface area contributed by atoms with Gasteiger partial charge in [0, 0.05) is 55.7 Å². The molecule has 15 nitrogen and oxygen atoms in total. The normalized spacial score (nSPS) is 23.5. The van der Waals surface area contributed by atoms with Gasteiger partial charge in [-0.15, -0.1) is 0 Å². The average molecular weight is 880 g/mol. The Bertz CT molecular complexity index is 3320. The molecule has 5 atom stereocenters. The molecule has 0 N–H and O–H groups in total. The van der Waals surface area contributed by atoms with Crippen molar-refractivity contribution in [2.75, 3.05) is 6.61 Å². The van der Waals surface area contributed by atoms with Crippen LogP contribution in [0.3, 0.4) is 0 Å². The van der Waals surface area contributed by atoms with E-state index >= 15 is 13.6 Å². The highest BCUT2D eigenvalue weighted by molar-refractivity contribution is 5.99. The van der Waals surface area contributed by atoms with Gasteiger partial charge >= 0.3 is 5.69 Å². The number of carbonyl (C=O) groups excluding carboxylic acids is 1. The maximum Gasteiger partial charge on any atom is 0.338 e. The average Bonchev–Trinajstić information content (AvgIpc) is 4.02. The molecule has 2 saturated heterocycles. The smallest absolute Gasteiger partial charge is 0.338 e. The fourth-order valence-corrected chi connectivity index (χ4v) is 11.4. The largest absolute Gasteiger partial charge is 0.376 e. The Labute approximate surface area is 371 Å². The molecule has 3 fully saturated rings. The SMILES string of the molecule is Cc1cc(-n2nc3c(c2-n2ccn(-c4ccc5c(cnn5C)c4F)c2=O)[C@@H]2CC[C@H](C3)N2C(=O)c2cc3cc([C@H]4CCOC(C)(C)C4)cnc3n2[C@@]2(c3ncon3)C[C@@H]2C)cc(C)c1F. The Morgan fingerprint density at radius 1 is 0.938 bits per heavy atom. The second-order valence-corrected chi connectivity index (χ2v) is 19.2. The number of nitrogens with zero attached hydrogens (tertiary/aromatic N) is 11. The van der Waals surface area contributed by atoms with Crippen LogP contribution in [0.1, 0.15) is 109 Å². The Morgan fingerprint density at radius 3 is 2.46 bits per heavy atom. The van der Waals surface area contributed by atoms with Gasteiger partial charge in [0.2, 0.25) is 6.39 Å². The molecule has 8 aromatic rings. The van der Waals surface area contributed by atoms with E-state index in [2.05, 4.69) is 42.1 Å². The molecule has 1 amide bonds. The lowest BCUT2D eigenvalue weighted by atomic mass is 9.84. The number of aryl methyl sites for hydroxylation is 3. The van der Waals surface area contributed by atoms with Crippen molar-refractivity contribution < 1.29 is 22.8 Å². The van der Waals surface area contributed by atoms with Gasteiger partial charge in [-0.3, -0.25) is 18.6 Å². The fraction of sp³-hybridized carbons (Fsp3) is 0.396. The van der Waals surface area contributed by atoms with Crippen molar-refractivity contribution in [1.82, 2.24) is 53.3 Å². The van der Waals surface area contributed by atoms with Gasteiger partial charge in [-0.1, -0.05) is 12.1 Å². The van der Waals surface area contributed by atoms with Gasteiger partial charge in [0.05, 0.1) is 45.8 Å². The summed E-state index contributed by atoms with van der Waals surface area (Å²) in [6, 6.07) is 10.2. The molecule has 2 aromatic carbocycles. The molecule has 9 heterocycles. The van der Waals surface area contributed by atoms with Crippen LogP contribution in [-0.2, 0) is 23.7 Å². The van der Waals surface area contributed by atoms with E-state index in [0.717, 1.165) is 29.5 Å². The lowest BCUT2D eigenvalue weighted by Crippen LogP contribution is -2.43. The highest BCUT2D eigenvalue weighted by Gasteiger charge is 2.60. The van der Waals surface area contributed by atoms with Crippen molar-refractivity contribution in [2.24, 2.45) is 13.0 Å². The lowest BCUT2D eigenvalue weighted by Gasteiger charge is -2.35. The zero-order valence-corrected chi connectivity index (χ0v) is 36.9. The Morgan fingerprint density at radius 2 is 1.72 bits per heavy atom. The van der Waals surface area contributed by atoms with E-state index in [1.165, 1.54) is 27.9 Å². The van der Waals surface area contributed by atoms with E-state index in [4.69, 9.17) is 19.3 Å². The predicted octanol–water partition coefficient (Wildman–Crippen LogP) is 7.69. The van der Waals surface area contributed by atoms with Crippen LogP contribution in [0.4, 0.5) is 8.78 Å². The topological polar surface area (TPSA) is 149 Å². The molecule has 3 aliphatic heterocycles. The van der Waals surface area contributed by atoms with Crippen molar-refractivity contribution >= 4 is 27.8 Å². The number of halogens is 2. The zero-order chi connectivity index (χ0) is 44.8. The van der Waals surface area contributed by atoms with Gasteiger partial charge in [-0.2, -0.15) is 15.2 Å². The van der Waals surface area contributed by atoms with E-state index in [-0.39, 0.29) is 46.3 Å². The summed E-state index contributed by atoms with van der Waals surface area (Å²) in [5.74, 6) is 0.141. The molecule has 17 heteroatoms. The summed E-state index contributed by atoms with van der Waals surface area (Å²) in [4.78, 5) is 42.1. The van der Waals surface area contributed by atoms with Crippen molar-refractivity contribution in [3.8, 4) is 17.2 Å². The number of imidazole rings is 1. The molecule has 0 unspecified atom stereocenters. The van der Waals surface area contributed by atoms with Crippen LogP contribution in [0, 0.1) is 31.4 Å². The van der Waals surface area contributed by atoms with E-state index in [9.17, 15) is 4.79 Å². The zero-order valence-electron chi connectivity index (χ0n) is 36.9. The van der Waals surface area contributed by atoms with E-state index in [1.54, 1.807) is 60.7 Å². The Balaban J connectivity index is 1.02. The first-order chi connectivity index (χ1) is 31.2. The number of fused-ring (bicyclic) bond motifs is 6. The minimum Gasteiger partial charge on any atom is -0.376 e. The lowest BCUT2D eigenvalue weighted by molar-refractivity contribution is -0.0593. The number of hydrogen-bond donors (Lipinski definition) is 0. The summed E-state index contributed by atoms with van der Waals surface area (Å²) in [7, 11) is 1.73. The molecule has 1 saturated carbocycles. The van der Waals surface area contributed by atoms with Crippen molar-refractivity contribution in [3.63, 3.8) is 0 Å². The van der Waals surface area contributed by atoms with Gasteiger partial charge in [0.25, 0.3) is 5.91 Å². The van der Waals surface area contributed by atoms with Crippen LogP contribution in [-0.4, -0.2) is 77.4 Å². The molecule has 0 spiro atoms. The minimum atomic E-state index is -0.756. The van der Waals surface area contributed by atoms with Gasteiger partial charge in [-0.25, -0.2) is 23.2 Å². The first-order valence-corrected chi connectivity index (χ1v) is 22.3. The molecule has 1 aliphatic carbocycles. The third-order valence-electron chi connectivity index (χ3n) is 14.7. The first-order valence-electron chi connectivity index (χ1n) is 22.3. The number of carbonyl (C=O) groups is 1. The first kappa shape index (κ1) is 39.8. The molecule has 332 valence electrons. The maximum atomic E-state index is 16.2. The van der Waals surface area contributed by atoms with Crippen LogP contribution in [0.25, 0.3) is 39.1 Å². The van der Waals surface area contributed by atoms with Crippen molar-refractivity contribution in [3.05, 3.63) is 129 Å². The molecule has 0 radical (unpaired) electrons. The number of amides is 1. The van der Waals surface area contributed by atoms with Crippen molar-refractivity contribution in [2.45, 2.75) is 102 Å². The summed E-state index contributed by atoms with van der Waals surface area (Å²) in [6.45, 7) is 10.4. The van der Waals surface area contributed by atoms with Crippen LogP contribution in [0.15, 0.2) is 76.9 Å². The Hall–Kier alpha value is -6.75. The second kappa shape index (κ2) is 13.9. The molecule has 6 aromatic heterocycles. The highest BCUT2D eigenvalue weighted by Crippen LogP contribution is 2.56. The summed E-state index contributed by atoms with van der Waals surface area (Å²) in [5.41, 5.74) is 4.19. The standard InChI is InChI=1S/C48H47F2N11O4/c1-25-15-32(16-26(2)40(25)49)61-43(58-13-12-57(46(58)63)37-10-9-35-33(41(37)50)23-53-56(35)6)39-34(54-61)19-31-7-8-36(39)59(31)44(62)38-18-29-17-30(28-11-14-64-47(4,5)21-28)22-51-42(29)60(38)48(20-27(48)3)45-52-24-65-55-45/h9-10,12-13,15-18,22-24,27-28,31,36H,7-8,11,14,19-21H2,1-6H3/t27-,28-,31+,36-,48-/m0/s1. The van der Waals surface area contributed by atoms with E-state index in [0.29, 0.717) is 83.2 Å². The molecule has 2 bridgehead atoms. The van der Waals surface area contributed by atoms with E-state index in [1.807, 2.05) is 21.7 Å². The summed E-state index contributed by atoms with van der Waals surface area (Å²) < 4.78 is 50.7. The van der Waals surface area contributed by atoms with Crippen molar-refractivity contribution in [1.29, 1.82) is 0 Å². The van der Waals surface area contributed by atoms with Gasteiger partial charge in [-0.05, 0) is 125 Å². The van der Waals surface area contributed by atoms with Gasteiger partial charge in [0.1, 0.15) is 28.5 Å². The van der Waals surface area contributed by atoms with Gasteiger partial charge in [0.15, 0.2) is 11.6 Å². The van der Waals surface area contributed by atoms with Gasteiger partial charge < -0.3 is 18.7 Å². The molecule has 12 rings (SSSR count). The maximum absolute atomic E-state index is 16.2. The number of benzene rings is 2. The summed E-state index contributed by atoms with van der Waals surface area (Å²) >= 11 is 0. The fourth-order valence-electron chi connectivity index (χ4n) is 11.4. The van der Waals surface area contributed by atoms with Crippen LogP contribution >= 0.6 is 0 Å². The highest BCUT2D eigenvalue weighted by atomic mass is 19.1. The number of pyridine rings is 1. The number of rotatable bonds is 7. The molecule has 4 aliphatic rings. The number of ether oxygens (including phenoxy) is 1. The Kier molecular flexibility index (Phi) is 8.50. The number of aromatic nitrogens is 10. The summed E-state index contributed by atoms with van der Waals surface area (Å²) in [6.07, 6.45) is 12.0. The molecular weight excluding hydrogens is 833 g/mol. The number of hydrogen-bond acceptors (Lipinski definition) is 9. The van der Waals surface area contributed by atoms with E-state index < -0.39 is 23.1 Å². The second-order valence-electron chi connectivity index (χ2n) is 19.2.